The highest BCUT2D eigenvalue weighted by atomic mass is 16.7. The lowest BCUT2D eigenvalue weighted by Gasteiger charge is -2.37. The minimum atomic E-state index is -1.92. The van der Waals surface area contributed by atoms with Gasteiger partial charge in [0.1, 0.15) is 18.3 Å². The fourth-order valence-electron chi connectivity index (χ4n) is 3.33. The lowest BCUT2D eigenvalue weighted by Crippen LogP contribution is -2.60. The summed E-state index contributed by atoms with van der Waals surface area (Å²) < 4.78 is 15.4. The molecule has 0 spiro atoms. The molecule has 0 bridgehead atoms. The van der Waals surface area contributed by atoms with Gasteiger partial charge in [-0.2, -0.15) is 0 Å². The summed E-state index contributed by atoms with van der Waals surface area (Å²) in [5, 5.41) is 38.7. The predicted molar refractivity (Wildman–Crippen MR) is 110 cm³/mol. The van der Waals surface area contributed by atoms with Crippen molar-refractivity contribution in [2.75, 3.05) is 6.61 Å². The molecule has 1 aromatic rings. The van der Waals surface area contributed by atoms with Crippen LogP contribution in [0.25, 0.3) is 0 Å². The molecule has 1 aromatic carbocycles. The summed E-state index contributed by atoms with van der Waals surface area (Å²) in [6.07, 6.45) is -5.72. The third kappa shape index (κ3) is 6.26. The Hall–Kier alpha value is -2.53. The van der Waals surface area contributed by atoms with Crippen LogP contribution < -0.4 is 0 Å². The van der Waals surface area contributed by atoms with Crippen molar-refractivity contribution in [2.24, 2.45) is 5.92 Å². The van der Waals surface area contributed by atoms with E-state index in [9.17, 15) is 29.7 Å². The Morgan fingerprint density at radius 3 is 2.19 bits per heavy atom. The molecule has 6 unspecified atom stereocenters. The molecule has 10 nitrogen and oxygen atoms in total. The van der Waals surface area contributed by atoms with Crippen molar-refractivity contribution in [3.8, 4) is 0 Å². The molecule has 0 amide bonds. The molecule has 4 N–H and O–H groups in total. The van der Waals surface area contributed by atoms with Crippen molar-refractivity contribution in [1.29, 1.82) is 0 Å². The van der Waals surface area contributed by atoms with Crippen LogP contribution >= 0.6 is 0 Å². The van der Waals surface area contributed by atoms with Crippen molar-refractivity contribution in [1.82, 2.24) is 0 Å². The van der Waals surface area contributed by atoms with E-state index in [-0.39, 0.29) is 23.7 Å². The Morgan fingerprint density at radius 1 is 1.00 bits per heavy atom. The summed E-state index contributed by atoms with van der Waals surface area (Å²) in [4.78, 5) is 36.5. The van der Waals surface area contributed by atoms with Crippen LogP contribution in [0.4, 0.5) is 0 Å². The smallest absolute Gasteiger partial charge is 0.341 e. The Balaban J connectivity index is 2.11. The number of benzene rings is 1. The average Bonchev–Trinajstić information content (AvgIpc) is 2.79. The molecule has 1 saturated heterocycles. The second-order valence-corrected chi connectivity index (χ2v) is 7.70. The highest BCUT2D eigenvalue weighted by molar-refractivity contribution is 6.03. The van der Waals surface area contributed by atoms with Crippen LogP contribution in [0.2, 0.25) is 0 Å². The van der Waals surface area contributed by atoms with Crippen LogP contribution in [-0.4, -0.2) is 75.6 Å². The molecule has 178 valence electrons. The third-order valence-electron chi connectivity index (χ3n) is 5.40. The average molecular weight is 454 g/mol. The summed E-state index contributed by atoms with van der Waals surface area (Å²) in [7, 11) is 0. The number of carboxylic acids is 1. The van der Waals surface area contributed by atoms with E-state index in [0.717, 1.165) is 25.7 Å². The van der Waals surface area contributed by atoms with Crippen LogP contribution in [0.3, 0.4) is 0 Å². The van der Waals surface area contributed by atoms with E-state index in [2.05, 4.69) is 6.92 Å². The Labute approximate surface area is 185 Å². The number of aliphatic hydroxyl groups is 3. The summed E-state index contributed by atoms with van der Waals surface area (Å²) in [5.41, 5.74) is -0.245. The zero-order valence-electron chi connectivity index (χ0n) is 18.0. The fraction of sp³-hybridized carbons (Fsp3) is 0.591. The second kappa shape index (κ2) is 11.9. The number of carbonyl (C=O) groups excluding carboxylic acids is 2. The quantitative estimate of drug-likeness (QED) is 0.377. The first kappa shape index (κ1) is 25.7. The van der Waals surface area contributed by atoms with Crippen molar-refractivity contribution < 1.29 is 49.0 Å². The van der Waals surface area contributed by atoms with Gasteiger partial charge in [0, 0.05) is 0 Å². The first-order valence-corrected chi connectivity index (χ1v) is 10.6. The van der Waals surface area contributed by atoms with Gasteiger partial charge in [-0.3, -0.25) is 0 Å². The Morgan fingerprint density at radius 2 is 1.62 bits per heavy atom. The molecule has 1 aliphatic rings. The van der Waals surface area contributed by atoms with Crippen LogP contribution in [0.1, 0.15) is 60.2 Å². The molecule has 0 aliphatic carbocycles. The highest BCUT2D eigenvalue weighted by Crippen LogP contribution is 2.24. The normalized spacial score (nSPS) is 26.2. The number of carbonyl (C=O) groups is 3. The summed E-state index contributed by atoms with van der Waals surface area (Å²) >= 11 is 0. The van der Waals surface area contributed by atoms with E-state index in [1.54, 1.807) is 0 Å². The molecule has 1 aliphatic heterocycles. The predicted octanol–water partition coefficient (Wildman–Crippen LogP) is 1.11. The van der Waals surface area contributed by atoms with Gasteiger partial charge < -0.3 is 34.6 Å². The maximum Gasteiger partial charge on any atom is 0.341 e. The van der Waals surface area contributed by atoms with Gasteiger partial charge in [-0.05, 0) is 24.5 Å². The number of rotatable bonds is 10. The van der Waals surface area contributed by atoms with Gasteiger partial charge in [0.2, 0.25) is 6.29 Å². The number of hydrogen-bond donors (Lipinski definition) is 4. The number of aliphatic hydroxyl groups excluding tert-OH is 3. The second-order valence-electron chi connectivity index (χ2n) is 7.70. The molecule has 0 saturated carbocycles. The monoisotopic (exact) mass is 454 g/mol. The maximum atomic E-state index is 12.7. The zero-order chi connectivity index (χ0) is 23.8. The van der Waals surface area contributed by atoms with Crippen LogP contribution in [0.5, 0.6) is 0 Å². The van der Waals surface area contributed by atoms with Gasteiger partial charge in [-0.1, -0.05) is 45.2 Å². The van der Waals surface area contributed by atoms with Gasteiger partial charge in [-0.15, -0.1) is 0 Å². The van der Waals surface area contributed by atoms with E-state index >= 15 is 0 Å². The van der Waals surface area contributed by atoms with E-state index in [0.29, 0.717) is 0 Å². The van der Waals surface area contributed by atoms with E-state index in [1.165, 1.54) is 24.3 Å². The standard InChI is InChI=1S/C22H30O10/c1-3-5-8-12(4-2)11-30-20(28)13-9-6-7-10-14(13)21(29)32-22-17(25)15(23)16(24)18(31-22)19(26)27/h6-7,9-10,12,15-18,22-25H,3-5,8,11H2,1-2H3,(H,26,27). The molecular formula is C22H30O10. The minimum absolute atomic E-state index is 0.0662. The largest absolute Gasteiger partial charge is 0.479 e. The van der Waals surface area contributed by atoms with Gasteiger partial charge in [0.25, 0.3) is 0 Å². The van der Waals surface area contributed by atoms with Gasteiger partial charge in [0.05, 0.1) is 17.7 Å². The molecule has 2 rings (SSSR count). The van der Waals surface area contributed by atoms with Crippen molar-refractivity contribution in [3.05, 3.63) is 35.4 Å². The molecule has 1 fully saturated rings. The lowest BCUT2D eigenvalue weighted by molar-refractivity contribution is -0.278. The zero-order valence-corrected chi connectivity index (χ0v) is 18.0. The summed E-state index contributed by atoms with van der Waals surface area (Å²) in [5.74, 6) is -3.23. The Kier molecular flexibility index (Phi) is 9.58. The van der Waals surface area contributed by atoms with Crippen molar-refractivity contribution in [2.45, 2.75) is 70.2 Å². The highest BCUT2D eigenvalue weighted by Gasteiger charge is 2.48. The molecular weight excluding hydrogens is 424 g/mol. The number of aliphatic carboxylic acids is 1. The van der Waals surface area contributed by atoms with E-state index in [1.807, 2.05) is 6.92 Å². The van der Waals surface area contributed by atoms with Crippen molar-refractivity contribution >= 4 is 17.9 Å². The lowest BCUT2D eigenvalue weighted by atomic mass is 9.99. The molecule has 0 radical (unpaired) electrons. The minimum Gasteiger partial charge on any atom is -0.479 e. The van der Waals surface area contributed by atoms with Crippen LogP contribution in [0, 0.1) is 5.92 Å². The number of unbranched alkanes of at least 4 members (excludes halogenated alkanes) is 1. The molecule has 10 heteroatoms. The molecule has 6 atom stereocenters. The summed E-state index contributed by atoms with van der Waals surface area (Å²) in [6, 6.07) is 5.71. The Bertz CT molecular complexity index is 795. The SMILES string of the molecule is CCCCC(CC)COC(=O)c1ccccc1C(=O)OC1OC(C(=O)O)C(O)C(O)C1O. The van der Waals surface area contributed by atoms with E-state index < -0.39 is 48.6 Å². The van der Waals surface area contributed by atoms with Crippen LogP contribution in [-0.2, 0) is 19.0 Å². The number of esters is 2. The van der Waals surface area contributed by atoms with Gasteiger partial charge in [0.15, 0.2) is 6.10 Å². The maximum absolute atomic E-state index is 12.7. The topological polar surface area (TPSA) is 160 Å². The van der Waals surface area contributed by atoms with Crippen LogP contribution in [0.15, 0.2) is 24.3 Å². The number of hydrogen-bond acceptors (Lipinski definition) is 9. The van der Waals surface area contributed by atoms with E-state index in [4.69, 9.17) is 19.3 Å². The summed E-state index contributed by atoms with van der Waals surface area (Å²) in [6.45, 7) is 4.28. The van der Waals surface area contributed by atoms with Gasteiger partial charge in [-0.25, -0.2) is 14.4 Å². The number of ether oxygens (including phenoxy) is 3. The molecule has 0 aromatic heterocycles. The third-order valence-corrected chi connectivity index (χ3v) is 5.40. The fourth-order valence-corrected chi connectivity index (χ4v) is 3.33. The first-order valence-electron chi connectivity index (χ1n) is 10.6. The van der Waals surface area contributed by atoms with Crippen molar-refractivity contribution in [3.63, 3.8) is 0 Å². The van der Waals surface area contributed by atoms with Gasteiger partial charge >= 0.3 is 17.9 Å². The first-order chi connectivity index (χ1) is 15.2. The molecule has 1 heterocycles. The molecule has 32 heavy (non-hydrogen) atoms. The number of carboxylic acid groups (broad SMARTS) is 1.